The van der Waals surface area contributed by atoms with E-state index in [2.05, 4.69) is 0 Å². The smallest absolute Gasteiger partial charge is 0.303 e. The molecule has 0 radical (unpaired) electrons. The molecule has 4 nitrogen and oxygen atoms in total. The van der Waals surface area contributed by atoms with Crippen molar-refractivity contribution in [1.82, 2.24) is 0 Å². The molecule has 0 amide bonds. The molecule has 0 saturated heterocycles. The first kappa shape index (κ1) is 14.5. The molecule has 100 valence electrons. The van der Waals surface area contributed by atoms with Gasteiger partial charge in [0.15, 0.2) is 0 Å². The number of carboxylic acids is 1. The van der Waals surface area contributed by atoms with E-state index in [0.717, 1.165) is 11.3 Å². The van der Waals surface area contributed by atoms with Gasteiger partial charge in [0.1, 0.15) is 5.75 Å². The number of carboxylic acid groups (broad SMARTS) is 1. The van der Waals surface area contributed by atoms with Gasteiger partial charge < -0.3 is 15.6 Å². The standard InChI is InChI=1S/C14H21NO3/c1-14(2,9-13(16)17)8-12(15)10-4-6-11(18-3)7-5-10/h4-7,12H,8-9,15H2,1-3H3,(H,16,17). The average molecular weight is 251 g/mol. The van der Waals surface area contributed by atoms with Crippen molar-refractivity contribution >= 4 is 5.97 Å². The summed E-state index contributed by atoms with van der Waals surface area (Å²) in [4.78, 5) is 10.8. The molecule has 4 heteroatoms. The van der Waals surface area contributed by atoms with Gasteiger partial charge in [-0.1, -0.05) is 26.0 Å². The van der Waals surface area contributed by atoms with E-state index < -0.39 is 5.97 Å². The van der Waals surface area contributed by atoms with Gasteiger partial charge in [-0.3, -0.25) is 4.79 Å². The van der Waals surface area contributed by atoms with Crippen LogP contribution in [0, 0.1) is 5.41 Å². The van der Waals surface area contributed by atoms with E-state index in [1.807, 2.05) is 38.1 Å². The van der Waals surface area contributed by atoms with E-state index in [1.54, 1.807) is 7.11 Å². The minimum atomic E-state index is -0.790. The molecular weight excluding hydrogens is 230 g/mol. The summed E-state index contributed by atoms with van der Waals surface area (Å²) in [7, 11) is 1.62. The molecular formula is C14H21NO3. The van der Waals surface area contributed by atoms with Crippen LogP contribution in [0.2, 0.25) is 0 Å². The molecule has 1 aromatic rings. The Hall–Kier alpha value is -1.55. The Kier molecular flexibility index (Phi) is 4.73. The number of hydrogen-bond acceptors (Lipinski definition) is 3. The lowest BCUT2D eigenvalue weighted by Gasteiger charge is -2.26. The van der Waals surface area contributed by atoms with Crippen molar-refractivity contribution in [3.8, 4) is 5.75 Å². The molecule has 1 unspecified atom stereocenters. The SMILES string of the molecule is COc1ccc(C(N)CC(C)(C)CC(=O)O)cc1. The van der Waals surface area contributed by atoms with Crippen molar-refractivity contribution in [2.45, 2.75) is 32.7 Å². The number of aliphatic carboxylic acids is 1. The van der Waals surface area contributed by atoms with E-state index in [1.165, 1.54) is 0 Å². The summed E-state index contributed by atoms with van der Waals surface area (Å²) >= 11 is 0. The first-order chi connectivity index (χ1) is 8.34. The zero-order valence-electron chi connectivity index (χ0n) is 11.1. The second-order valence-corrected chi connectivity index (χ2v) is 5.32. The molecule has 0 fully saturated rings. The lowest BCUT2D eigenvalue weighted by Crippen LogP contribution is -2.24. The predicted molar refractivity (Wildman–Crippen MR) is 70.6 cm³/mol. The monoisotopic (exact) mass is 251 g/mol. The number of methoxy groups -OCH3 is 1. The lowest BCUT2D eigenvalue weighted by atomic mass is 9.81. The highest BCUT2D eigenvalue weighted by molar-refractivity contribution is 5.67. The number of carbonyl (C=O) groups is 1. The minimum absolute atomic E-state index is 0.122. The van der Waals surface area contributed by atoms with Crippen LogP contribution in [0.25, 0.3) is 0 Å². The van der Waals surface area contributed by atoms with Gasteiger partial charge in [-0.25, -0.2) is 0 Å². The van der Waals surface area contributed by atoms with Gasteiger partial charge in [-0.2, -0.15) is 0 Å². The third kappa shape index (κ3) is 4.37. The molecule has 0 aliphatic rings. The maximum Gasteiger partial charge on any atom is 0.303 e. The molecule has 1 rings (SSSR count). The summed E-state index contributed by atoms with van der Waals surface area (Å²) in [6.07, 6.45) is 0.752. The highest BCUT2D eigenvalue weighted by atomic mass is 16.5. The van der Waals surface area contributed by atoms with Crippen LogP contribution in [0.1, 0.15) is 38.3 Å². The Balaban J connectivity index is 2.68. The number of benzene rings is 1. The number of nitrogens with two attached hydrogens (primary N) is 1. The second kappa shape index (κ2) is 5.87. The summed E-state index contributed by atoms with van der Waals surface area (Å²) in [5.74, 6) is -0.00215. The van der Waals surface area contributed by atoms with E-state index >= 15 is 0 Å². The van der Waals surface area contributed by atoms with Crippen molar-refractivity contribution in [1.29, 1.82) is 0 Å². The maximum absolute atomic E-state index is 10.8. The molecule has 3 N–H and O–H groups in total. The number of hydrogen-bond donors (Lipinski definition) is 2. The van der Waals surface area contributed by atoms with Crippen molar-refractivity contribution in [3.63, 3.8) is 0 Å². The van der Waals surface area contributed by atoms with Gasteiger partial charge in [0.05, 0.1) is 13.5 Å². The Bertz CT molecular complexity index is 398. The second-order valence-electron chi connectivity index (χ2n) is 5.32. The highest BCUT2D eigenvalue weighted by Crippen LogP contribution is 2.32. The van der Waals surface area contributed by atoms with Crippen LogP contribution in [-0.4, -0.2) is 18.2 Å². The molecule has 0 saturated carbocycles. The summed E-state index contributed by atoms with van der Waals surface area (Å²) in [6, 6.07) is 7.39. The molecule has 0 aliphatic carbocycles. The topological polar surface area (TPSA) is 72.5 Å². The zero-order chi connectivity index (χ0) is 13.8. The van der Waals surface area contributed by atoms with Crippen molar-refractivity contribution in [2.75, 3.05) is 7.11 Å². The predicted octanol–water partition coefficient (Wildman–Crippen LogP) is 2.59. The quantitative estimate of drug-likeness (QED) is 0.815. The summed E-state index contributed by atoms with van der Waals surface area (Å²) in [6.45, 7) is 3.84. The van der Waals surface area contributed by atoms with Gasteiger partial charge in [0, 0.05) is 6.04 Å². The molecule has 1 aromatic carbocycles. The van der Waals surface area contributed by atoms with Crippen LogP contribution in [0.15, 0.2) is 24.3 Å². The Morgan fingerprint density at radius 1 is 1.39 bits per heavy atom. The Labute approximate surface area is 108 Å². The average Bonchev–Trinajstić information content (AvgIpc) is 2.26. The van der Waals surface area contributed by atoms with Crippen LogP contribution in [-0.2, 0) is 4.79 Å². The molecule has 0 spiro atoms. The van der Waals surface area contributed by atoms with Gasteiger partial charge >= 0.3 is 5.97 Å². The van der Waals surface area contributed by atoms with Gasteiger partial charge in [0.25, 0.3) is 0 Å². The molecule has 18 heavy (non-hydrogen) atoms. The number of rotatable bonds is 6. The fourth-order valence-electron chi connectivity index (χ4n) is 2.05. The Morgan fingerprint density at radius 3 is 2.39 bits per heavy atom. The lowest BCUT2D eigenvalue weighted by molar-refractivity contribution is -0.139. The zero-order valence-corrected chi connectivity index (χ0v) is 11.1. The van der Waals surface area contributed by atoms with Gasteiger partial charge in [-0.05, 0) is 29.5 Å². The first-order valence-electron chi connectivity index (χ1n) is 5.95. The summed E-state index contributed by atoms with van der Waals surface area (Å²) in [5.41, 5.74) is 6.80. The van der Waals surface area contributed by atoms with Crippen LogP contribution >= 0.6 is 0 Å². The van der Waals surface area contributed by atoms with Crippen LogP contribution in [0.4, 0.5) is 0 Å². The molecule has 1 atom stereocenters. The summed E-state index contributed by atoms with van der Waals surface area (Å²) < 4.78 is 5.08. The third-order valence-electron chi connectivity index (χ3n) is 2.95. The van der Waals surface area contributed by atoms with E-state index in [4.69, 9.17) is 15.6 Å². The van der Waals surface area contributed by atoms with E-state index in [-0.39, 0.29) is 17.9 Å². The molecule has 0 aliphatic heterocycles. The fraction of sp³-hybridized carbons (Fsp3) is 0.500. The first-order valence-corrected chi connectivity index (χ1v) is 5.95. The molecule has 0 bridgehead atoms. The normalized spacial score (nSPS) is 13.1. The van der Waals surface area contributed by atoms with Crippen molar-refractivity contribution < 1.29 is 14.6 Å². The minimum Gasteiger partial charge on any atom is -0.497 e. The molecule has 0 aromatic heterocycles. The fourth-order valence-corrected chi connectivity index (χ4v) is 2.05. The largest absolute Gasteiger partial charge is 0.497 e. The summed E-state index contributed by atoms with van der Waals surface area (Å²) in [5, 5.41) is 8.84. The van der Waals surface area contributed by atoms with Gasteiger partial charge in [0.2, 0.25) is 0 Å². The van der Waals surface area contributed by atoms with Crippen molar-refractivity contribution in [3.05, 3.63) is 29.8 Å². The van der Waals surface area contributed by atoms with Crippen LogP contribution < -0.4 is 10.5 Å². The van der Waals surface area contributed by atoms with Gasteiger partial charge in [-0.15, -0.1) is 0 Å². The maximum atomic E-state index is 10.8. The van der Waals surface area contributed by atoms with Crippen molar-refractivity contribution in [2.24, 2.45) is 11.1 Å². The molecule has 0 heterocycles. The highest BCUT2D eigenvalue weighted by Gasteiger charge is 2.25. The van der Waals surface area contributed by atoms with Crippen LogP contribution in [0.5, 0.6) is 5.75 Å². The third-order valence-corrected chi connectivity index (χ3v) is 2.95. The van der Waals surface area contributed by atoms with E-state index in [0.29, 0.717) is 6.42 Å². The van der Waals surface area contributed by atoms with Crippen LogP contribution in [0.3, 0.4) is 0 Å². The Morgan fingerprint density at radius 2 is 1.94 bits per heavy atom. The van der Waals surface area contributed by atoms with E-state index in [9.17, 15) is 4.79 Å². The number of ether oxygens (including phenoxy) is 1.